The van der Waals surface area contributed by atoms with Gasteiger partial charge < -0.3 is 4.57 Å². The topological polar surface area (TPSA) is 3.24 Å². The van der Waals surface area contributed by atoms with Crippen molar-refractivity contribution in [2.75, 3.05) is 13.1 Å². The summed E-state index contributed by atoms with van der Waals surface area (Å²) in [5, 5.41) is 0. The summed E-state index contributed by atoms with van der Waals surface area (Å²) in [5.41, 5.74) is 1.63. The predicted octanol–water partition coefficient (Wildman–Crippen LogP) is 0.00470. The van der Waals surface area contributed by atoms with Crippen molar-refractivity contribution >= 4 is 19.2 Å². The van der Waals surface area contributed by atoms with Gasteiger partial charge in [-0.25, -0.2) is 0 Å². The standard InChI is InChI=1S/C6H19NSi2/c1-4-7(5-2)9-6-8-3/h4-6,8-9H2,1-3H3. The van der Waals surface area contributed by atoms with Crippen LogP contribution < -0.4 is 0 Å². The van der Waals surface area contributed by atoms with E-state index < -0.39 is 0 Å². The Labute approximate surface area is 63.6 Å². The van der Waals surface area contributed by atoms with E-state index >= 15 is 0 Å². The second kappa shape index (κ2) is 6.51. The van der Waals surface area contributed by atoms with Crippen molar-refractivity contribution in [1.82, 2.24) is 4.57 Å². The van der Waals surface area contributed by atoms with Crippen LogP contribution in [0.1, 0.15) is 13.8 Å². The lowest BCUT2D eigenvalue weighted by Gasteiger charge is -2.16. The summed E-state index contributed by atoms with van der Waals surface area (Å²) in [4.78, 5) is 0. The molecule has 9 heavy (non-hydrogen) atoms. The maximum atomic E-state index is 2.64. The van der Waals surface area contributed by atoms with Crippen LogP contribution in [0.2, 0.25) is 12.2 Å². The summed E-state index contributed by atoms with van der Waals surface area (Å²) in [6.45, 7) is 9.53. The van der Waals surface area contributed by atoms with E-state index in [2.05, 4.69) is 25.0 Å². The highest BCUT2D eigenvalue weighted by Gasteiger charge is 1.95. The average Bonchev–Trinajstić information content (AvgIpc) is 1.91. The van der Waals surface area contributed by atoms with Gasteiger partial charge in [-0.1, -0.05) is 26.1 Å². The fourth-order valence-corrected chi connectivity index (χ4v) is 4.61. The summed E-state index contributed by atoms with van der Waals surface area (Å²) in [5.74, 6) is 0. The molecule has 56 valence electrons. The van der Waals surface area contributed by atoms with E-state index in [1.807, 2.05) is 0 Å². The molecule has 0 aromatic heterocycles. The second-order valence-corrected chi connectivity index (χ2v) is 7.55. The van der Waals surface area contributed by atoms with E-state index in [1.54, 1.807) is 5.67 Å². The Bertz CT molecular complexity index is 55.0. The highest BCUT2D eigenvalue weighted by molar-refractivity contribution is 6.53. The molecule has 0 bridgehead atoms. The molecule has 0 aromatic carbocycles. The van der Waals surface area contributed by atoms with Gasteiger partial charge >= 0.3 is 0 Å². The van der Waals surface area contributed by atoms with Gasteiger partial charge in [0.05, 0.1) is 9.68 Å². The molecule has 0 aromatic rings. The minimum absolute atomic E-state index is 0.220. The SMILES string of the molecule is CCN(CC)[SiH2]C[SiH2]C. The molecule has 0 spiro atoms. The van der Waals surface area contributed by atoms with Crippen LogP contribution in [0.25, 0.3) is 0 Å². The van der Waals surface area contributed by atoms with Gasteiger partial charge in [-0.2, -0.15) is 0 Å². The third-order valence-electron chi connectivity index (χ3n) is 1.72. The summed E-state index contributed by atoms with van der Waals surface area (Å²) in [6, 6.07) is 0. The molecule has 0 saturated carbocycles. The highest BCUT2D eigenvalue weighted by atomic mass is 28.3. The lowest BCUT2D eigenvalue weighted by molar-refractivity contribution is 0.494. The van der Waals surface area contributed by atoms with E-state index in [0.717, 1.165) is 0 Å². The van der Waals surface area contributed by atoms with E-state index in [1.165, 1.54) is 13.1 Å². The van der Waals surface area contributed by atoms with Crippen molar-refractivity contribution in [1.29, 1.82) is 0 Å². The van der Waals surface area contributed by atoms with Gasteiger partial charge in [0, 0.05) is 9.52 Å². The third-order valence-corrected chi connectivity index (χ3v) is 7.34. The van der Waals surface area contributed by atoms with Crippen LogP contribution in [0.3, 0.4) is 0 Å². The molecule has 0 fully saturated rings. The van der Waals surface area contributed by atoms with Crippen LogP contribution in [0.5, 0.6) is 0 Å². The Hall–Kier alpha value is 0.394. The zero-order valence-corrected chi connectivity index (χ0v) is 9.81. The van der Waals surface area contributed by atoms with Crippen LogP contribution in [0, 0.1) is 0 Å². The van der Waals surface area contributed by atoms with Crippen LogP contribution in [0.15, 0.2) is 0 Å². The van der Waals surface area contributed by atoms with Gasteiger partial charge in [0.1, 0.15) is 0 Å². The highest BCUT2D eigenvalue weighted by Crippen LogP contribution is 1.85. The van der Waals surface area contributed by atoms with Gasteiger partial charge in [0.25, 0.3) is 0 Å². The number of nitrogens with zero attached hydrogens (tertiary/aromatic N) is 1. The maximum absolute atomic E-state index is 2.64. The minimum Gasteiger partial charge on any atom is -0.330 e. The number of rotatable bonds is 5. The van der Waals surface area contributed by atoms with Gasteiger partial charge in [0.2, 0.25) is 0 Å². The van der Waals surface area contributed by atoms with Crippen molar-refractivity contribution in [3.8, 4) is 0 Å². The summed E-state index contributed by atoms with van der Waals surface area (Å²) in [6.07, 6.45) is 0. The molecular formula is C6H19NSi2. The Balaban J connectivity index is 3.09. The Morgan fingerprint density at radius 3 is 2.11 bits per heavy atom. The van der Waals surface area contributed by atoms with Crippen molar-refractivity contribution in [2.45, 2.75) is 26.1 Å². The molecule has 0 heterocycles. The average molecular weight is 161 g/mol. The Morgan fingerprint density at radius 1 is 1.22 bits per heavy atom. The summed E-state index contributed by atoms with van der Waals surface area (Å²) >= 11 is 0. The van der Waals surface area contributed by atoms with Crippen LogP contribution >= 0.6 is 0 Å². The molecule has 0 N–H and O–H groups in total. The van der Waals surface area contributed by atoms with E-state index in [4.69, 9.17) is 0 Å². The van der Waals surface area contributed by atoms with Crippen LogP contribution in [0.4, 0.5) is 0 Å². The van der Waals surface area contributed by atoms with Crippen molar-refractivity contribution in [3.05, 3.63) is 0 Å². The van der Waals surface area contributed by atoms with Gasteiger partial charge in [0.15, 0.2) is 0 Å². The molecule has 0 saturated heterocycles. The van der Waals surface area contributed by atoms with E-state index in [0.29, 0.717) is 9.52 Å². The van der Waals surface area contributed by atoms with E-state index in [-0.39, 0.29) is 9.68 Å². The molecule has 3 heteroatoms. The Kier molecular flexibility index (Phi) is 6.80. The van der Waals surface area contributed by atoms with Crippen molar-refractivity contribution in [3.63, 3.8) is 0 Å². The van der Waals surface area contributed by atoms with Crippen molar-refractivity contribution < 1.29 is 0 Å². The molecule has 0 rings (SSSR count). The zero-order chi connectivity index (χ0) is 7.11. The zero-order valence-electron chi connectivity index (χ0n) is 6.98. The van der Waals surface area contributed by atoms with Crippen molar-refractivity contribution in [2.24, 2.45) is 0 Å². The molecule has 0 radical (unpaired) electrons. The fraction of sp³-hybridized carbons (Fsp3) is 1.00. The maximum Gasteiger partial charge on any atom is 0.0919 e. The molecule has 0 unspecified atom stereocenters. The molecule has 1 nitrogen and oxygen atoms in total. The third kappa shape index (κ3) is 4.87. The lowest BCUT2D eigenvalue weighted by Crippen LogP contribution is -2.27. The number of hydrogen-bond acceptors (Lipinski definition) is 1. The van der Waals surface area contributed by atoms with E-state index in [9.17, 15) is 0 Å². The number of hydrogen-bond donors (Lipinski definition) is 0. The first-order valence-corrected chi connectivity index (χ1v) is 8.12. The van der Waals surface area contributed by atoms with Gasteiger partial charge in [-0.3, -0.25) is 0 Å². The largest absolute Gasteiger partial charge is 0.330 e. The van der Waals surface area contributed by atoms with Crippen LogP contribution in [-0.2, 0) is 0 Å². The van der Waals surface area contributed by atoms with Crippen LogP contribution in [-0.4, -0.2) is 36.9 Å². The molecule has 0 aliphatic heterocycles. The Morgan fingerprint density at radius 2 is 1.78 bits per heavy atom. The summed E-state index contributed by atoms with van der Waals surface area (Å²) < 4.78 is 2.64. The minimum atomic E-state index is 0.220. The van der Waals surface area contributed by atoms with Gasteiger partial charge in [-0.05, 0) is 13.1 Å². The quantitative estimate of drug-likeness (QED) is 0.513. The monoisotopic (exact) mass is 161 g/mol. The molecule has 0 aliphatic rings. The molecule has 0 amide bonds. The van der Waals surface area contributed by atoms with Gasteiger partial charge in [-0.15, -0.1) is 0 Å². The summed E-state index contributed by atoms with van der Waals surface area (Å²) in [7, 11) is 0.593. The fourth-order valence-electron chi connectivity index (χ4n) is 0.922. The normalized spacial score (nSPS) is 13.3. The smallest absolute Gasteiger partial charge is 0.0919 e. The second-order valence-electron chi connectivity index (χ2n) is 2.38. The molecule has 0 aliphatic carbocycles. The molecular weight excluding hydrogens is 142 g/mol. The first-order chi connectivity index (χ1) is 4.35. The molecule has 0 atom stereocenters. The first kappa shape index (κ1) is 9.39. The predicted molar refractivity (Wildman–Crippen MR) is 50.7 cm³/mol. The first-order valence-electron chi connectivity index (χ1n) is 4.07. The lowest BCUT2D eigenvalue weighted by atomic mass is 10.7.